The SMILES string of the molecule is CCCCc1n[nH]c(=S)n1N=Cc1ccc(N(CC)CC)cc1. The van der Waals surface area contributed by atoms with E-state index in [9.17, 15) is 0 Å². The summed E-state index contributed by atoms with van der Waals surface area (Å²) in [4.78, 5) is 2.32. The molecule has 6 heteroatoms. The van der Waals surface area contributed by atoms with E-state index in [1.165, 1.54) is 5.69 Å². The van der Waals surface area contributed by atoms with Crippen LogP contribution in [-0.2, 0) is 6.42 Å². The highest BCUT2D eigenvalue weighted by atomic mass is 32.1. The van der Waals surface area contributed by atoms with Gasteiger partial charge in [-0.1, -0.05) is 25.5 Å². The average Bonchev–Trinajstić information content (AvgIpc) is 2.93. The summed E-state index contributed by atoms with van der Waals surface area (Å²) in [5.74, 6) is 0.882. The Balaban J connectivity index is 2.14. The molecule has 2 rings (SSSR count). The van der Waals surface area contributed by atoms with E-state index in [4.69, 9.17) is 12.2 Å². The Kier molecular flexibility index (Phi) is 6.52. The van der Waals surface area contributed by atoms with Gasteiger partial charge in [0.15, 0.2) is 5.82 Å². The van der Waals surface area contributed by atoms with Gasteiger partial charge in [0.2, 0.25) is 4.77 Å². The second-order valence-corrected chi connectivity index (χ2v) is 5.76. The summed E-state index contributed by atoms with van der Waals surface area (Å²) >= 11 is 5.25. The van der Waals surface area contributed by atoms with Gasteiger partial charge in [-0.25, -0.2) is 0 Å². The molecule has 0 aliphatic carbocycles. The van der Waals surface area contributed by atoms with Crippen LogP contribution in [0.1, 0.15) is 45.0 Å². The maximum atomic E-state index is 5.25. The van der Waals surface area contributed by atoms with Gasteiger partial charge in [-0.15, -0.1) is 0 Å². The number of hydrogen-bond acceptors (Lipinski definition) is 4. The summed E-state index contributed by atoms with van der Waals surface area (Å²) in [6, 6.07) is 8.40. The first-order valence-corrected chi connectivity index (χ1v) is 8.66. The Morgan fingerprint density at radius 3 is 2.52 bits per heavy atom. The molecule has 0 spiro atoms. The number of aromatic amines is 1. The van der Waals surface area contributed by atoms with Gasteiger partial charge in [-0.3, -0.25) is 5.10 Å². The summed E-state index contributed by atoms with van der Waals surface area (Å²) < 4.78 is 2.25. The lowest BCUT2D eigenvalue weighted by Crippen LogP contribution is -2.21. The molecule has 0 aliphatic rings. The monoisotopic (exact) mass is 331 g/mol. The maximum absolute atomic E-state index is 5.25. The third-order valence-electron chi connectivity index (χ3n) is 3.82. The predicted molar refractivity (Wildman–Crippen MR) is 99.0 cm³/mol. The molecule has 0 fully saturated rings. The molecule has 1 N–H and O–H groups in total. The molecule has 0 amide bonds. The van der Waals surface area contributed by atoms with E-state index >= 15 is 0 Å². The Morgan fingerprint density at radius 2 is 1.91 bits per heavy atom. The van der Waals surface area contributed by atoms with Crippen LogP contribution in [0.5, 0.6) is 0 Å². The highest BCUT2D eigenvalue weighted by molar-refractivity contribution is 7.71. The number of nitrogens with one attached hydrogen (secondary N) is 1. The van der Waals surface area contributed by atoms with Gasteiger partial charge in [-0.2, -0.15) is 14.9 Å². The molecule has 0 unspecified atom stereocenters. The molecule has 0 aliphatic heterocycles. The highest BCUT2D eigenvalue weighted by Crippen LogP contribution is 2.14. The summed E-state index contributed by atoms with van der Waals surface area (Å²) in [6.45, 7) is 8.50. The van der Waals surface area contributed by atoms with Gasteiger partial charge < -0.3 is 4.90 Å². The van der Waals surface area contributed by atoms with Gasteiger partial charge in [0.1, 0.15) is 0 Å². The fourth-order valence-corrected chi connectivity index (χ4v) is 2.62. The number of nitrogens with zero attached hydrogens (tertiary/aromatic N) is 4. The second kappa shape index (κ2) is 8.62. The number of anilines is 1. The molecular weight excluding hydrogens is 306 g/mol. The topological polar surface area (TPSA) is 49.2 Å². The predicted octanol–water partition coefficient (Wildman–Crippen LogP) is 4.01. The number of aryl methyl sites for hydroxylation is 1. The van der Waals surface area contributed by atoms with Gasteiger partial charge in [0, 0.05) is 25.2 Å². The Bertz CT molecular complexity index is 680. The van der Waals surface area contributed by atoms with E-state index in [0.717, 1.165) is 43.7 Å². The normalized spacial score (nSPS) is 11.3. The van der Waals surface area contributed by atoms with Crippen LogP contribution in [0.2, 0.25) is 0 Å². The van der Waals surface area contributed by atoms with Gasteiger partial charge in [0.25, 0.3) is 0 Å². The van der Waals surface area contributed by atoms with Crippen LogP contribution >= 0.6 is 12.2 Å². The second-order valence-electron chi connectivity index (χ2n) is 5.37. The molecular formula is C17H25N5S. The van der Waals surface area contributed by atoms with E-state index < -0.39 is 0 Å². The van der Waals surface area contributed by atoms with Crippen molar-refractivity contribution < 1.29 is 0 Å². The molecule has 1 heterocycles. The molecule has 1 aromatic carbocycles. The quantitative estimate of drug-likeness (QED) is 0.587. The summed E-state index contributed by atoms with van der Waals surface area (Å²) in [7, 11) is 0. The summed E-state index contributed by atoms with van der Waals surface area (Å²) in [5.41, 5.74) is 2.28. The molecule has 0 bridgehead atoms. The largest absolute Gasteiger partial charge is 0.372 e. The van der Waals surface area contributed by atoms with Crippen LogP contribution in [0.3, 0.4) is 0 Å². The zero-order valence-corrected chi connectivity index (χ0v) is 14.9. The van der Waals surface area contributed by atoms with Gasteiger partial charge in [0.05, 0.1) is 6.21 Å². The first-order chi connectivity index (χ1) is 11.2. The van der Waals surface area contributed by atoms with Crippen molar-refractivity contribution in [1.82, 2.24) is 14.9 Å². The number of rotatable bonds is 8. The van der Waals surface area contributed by atoms with Crippen molar-refractivity contribution in [2.45, 2.75) is 40.0 Å². The van der Waals surface area contributed by atoms with Crippen LogP contribution in [0, 0.1) is 4.77 Å². The lowest BCUT2D eigenvalue weighted by molar-refractivity contribution is 0.700. The lowest BCUT2D eigenvalue weighted by Gasteiger charge is -2.20. The third-order valence-corrected chi connectivity index (χ3v) is 4.08. The van der Waals surface area contributed by atoms with Gasteiger partial charge in [-0.05, 0) is 50.2 Å². The number of hydrogen-bond donors (Lipinski definition) is 1. The average molecular weight is 331 g/mol. The van der Waals surface area contributed by atoms with Crippen molar-refractivity contribution in [2.75, 3.05) is 18.0 Å². The minimum Gasteiger partial charge on any atom is -0.372 e. The van der Waals surface area contributed by atoms with E-state index in [1.807, 2.05) is 6.21 Å². The van der Waals surface area contributed by atoms with Crippen molar-refractivity contribution >= 4 is 24.1 Å². The van der Waals surface area contributed by atoms with Crippen molar-refractivity contribution in [3.63, 3.8) is 0 Å². The number of benzene rings is 1. The molecule has 1 aromatic heterocycles. The zero-order valence-electron chi connectivity index (χ0n) is 14.1. The number of unbranched alkanes of at least 4 members (excludes halogenated alkanes) is 1. The van der Waals surface area contributed by atoms with Crippen molar-refractivity contribution in [1.29, 1.82) is 0 Å². The Morgan fingerprint density at radius 1 is 1.22 bits per heavy atom. The van der Waals surface area contributed by atoms with Crippen molar-refractivity contribution in [3.8, 4) is 0 Å². The smallest absolute Gasteiger partial charge is 0.216 e. The maximum Gasteiger partial charge on any atom is 0.216 e. The van der Waals surface area contributed by atoms with Gasteiger partial charge >= 0.3 is 0 Å². The molecule has 0 saturated carbocycles. The van der Waals surface area contributed by atoms with Crippen molar-refractivity contribution in [2.24, 2.45) is 5.10 Å². The zero-order chi connectivity index (χ0) is 16.7. The first-order valence-electron chi connectivity index (χ1n) is 8.25. The minimum atomic E-state index is 0.534. The summed E-state index contributed by atoms with van der Waals surface area (Å²) in [5, 5.41) is 11.6. The molecule has 0 radical (unpaired) electrons. The van der Waals surface area contributed by atoms with Crippen LogP contribution in [0.15, 0.2) is 29.4 Å². The highest BCUT2D eigenvalue weighted by Gasteiger charge is 2.04. The van der Waals surface area contributed by atoms with E-state index in [0.29, 0.717) is 4.77 Å². The standard InChI is InChI=1S/C17H25N5S/c1-4-7-8-16-19-20-17(23)22(16)18-13-14-9-11-15(12-10-14)21(5-2)6-3/h9-13H,4-8H2,1-3H3,(H,20,23). The number of aromatic nitrogens is 3. The van der Waals surface area contributed by atoms with Crippen LogP contribution in [0.25, 0.3) is 0 Å². The lowest BCUT2D eigenvalue weighted by atomic mass is 10.2. The molecule has 2 aromatic rings. The van der Waals surface area contributed by atoms with Crippen molar-refractivity contribution in [3.05, 3.63) is 40.4 Å². The molecule has 5 nitrogen and oxygen atoms in total. The van der Waals surface area contributed by atoms with Crippen LogP contribution in [-0.4, -0.2) is 34.2 Å². The molecule has 0 saturated heterocycles. The number of H-pyrrole nitrogens is 1. The van der Waals surface area contributed by atoms with Crippen LogP contribution in [0.4, 0.5) is 5.69 Å². The Hall–Kier alpha value is -1.95. The third kappa shape index (κ3) is 4.51. The summed E-state index contributed by atoms with van der Waals surface area (Å²) in [6.07, 6.45) is 4.90. The molecule has 0 atom stereocenters. The van der Waals surface area contributed by atoms with E-state index in [-0.39, 0.29) is 0 Å². The Labute approximate surface area is 143 Å². The molecule has 23 heavy (non-hydrogen) atoms. The first kappa shape index (κ1) is 17.4. The minimum absolute atomic E-state index is 0.534. The van der Waals surface area contributed by atoms with Crippen LogP contribution < -0.4 is 4.90 Å². The van der Waals surface area contributed by atoms with E-state index in [2.05, 4.69) is 65.2 Å². The van der Waals surface area contributed by atoms with E-state index in [1.54, 1.807) is 4.68 Å². The fourth-order valence-electron chi connectivity index (χ4n) is 2.42. The molecule has 124 valence electrons. The fraction of sp³-hybridized carbons (Fsp3) is 0.471.